The number of likely N-dealkylation sites (tertiary alicyclic amines) is 1. The van der Waals surface area contributed by atoms with Crippen LogP contribution in [0.4, 0.5) is 15.1 Å². The van der Waals surface area contributed by atoms with Crippen LogP contribution in [0.3, 0.4) is 0 Å². The van der Waals surface area contributed by atoms with Gasteiger partial charge in [0.25, 0.3) is 0 Å². The van der Waals surface area contributed by atoms with E-state index in [2.05, 4.69) is 9.97 Å². The zero-order valence-electron chi connectivity index (χ0n) is 15.6. The Morgan fingerprint density at radius 3 is 2.77 bits per heavy atom. The monoisotopic (exact) mass is 360 g/mol. The lowest BCUT2D eigenvalue weighted by Crippen LogP contribution is -2.46. The lowest BCUT2D eigenvalue weighted by atomic mass is 9.85. The van der Waals surface area contributed by atoms with Crippen LogP contribution in [-0.4, -0.2) is 45.8 Å². The molecule has 1 aromatic heterocycles. The van der Waals surface area contributed by atoms with Gasteiger partial charge in [-0.2, -0.15) is 0 Å². The first-order chi connectivity index (χ1) is 12.1. The number of rotatable bonds is 1. The number of aromatic nitrogens is 2. The molecule has 1 aromatic carbocycles. The molecule has 2 heterocycles. The summed E-state index contributed by atoms with van der Waals surface area (Å²) in [6.45, 7) is 7.86. The number of nitrogens with zero attached hydrogens (tertiary/aromatic N) is 3. The smallest absolute Gasteiger partial charge is 0.410 e. The highest BCUT2D eigenvalue weighted by atomic mass is 19.1. The van der Waals surface area contributed by atoms with E-state index in [0.717, 1.165) is 16.5 Å². The van der Waals surface area contributed by atoms with E-state index >= 15 is 0 Å². The third-order valence-electron chi connectivity index (χ3n) is 4.58. The summed E-state index contributed by atoms with van der Waals surface area (Å²) < 4.78 is 20.3. The molecule has 1 amide bonds. The van der Waals surface area contributed by atoms with Crippen molar-refractivity contribution in [2.24, 2.45) is 0 Å². The summed E-state index contributed by atoms with van der Waals surface area (Å²) in [4.78, 5) is 21.9. The quantitative estimate of drug-likeness (QED) is 0.840. The third-order valence-corrected chi connectivity index (χ3v) is 4.58. The molecule has 26 heavy (non-hydrogen) atoms. The first-order valence-electron chi connectivity index (χ1n) is 8.79. The predicted octanol–water partition coefficient (Wildman–Crippen LogP) is 3.58. The van der Waals surface area contributed by atoms with Crippen molar-refractivity contribution in [3.05, 3.63) is 29.5 Å². The van der Waals surface area contributed by atoms with Crippen molar-refractivity contribution in [1.82, 2.24) is 14.9 Å². The van der Waals surface area contributed by atoms with E-state index in [0.29, 0.717) is 18.5 Å². The van der Waals surface area contributed by atoms with Gasteiger partial charge >= 0.3 is 6.09 Å². The fourth-order valence-corrected chi connectivity index (χ4v) is 3.37. The van der Waals surface area contributed by atoms with Gasteiger partial charge in [0, 0.05) is 24.0 Å². The van der Waals surface area contributed by atoms with Crippen molar-refractivity contribution in [1.29, 1.82) is 0 Å². The zero-order chi connectivity index (χ0) is 19.1. The van der Waals surface area contributed by atoms with Gasteiger partial charge in [-0.15, -0.1) is 0 Å². The van der Waals surface area contributed by atoms with Crippen LogP contribution in [0.25, 0.3) is 10.9 Å². The number of nitrogens with two attached hydrogens (primary N) is 1. The number of piperidine rings is 1. The number of aryl methyl sites for hydroxylation is 1. The second-order valence-corrected chi connectivity index (χ2v) is 7.83. The summed E-state index contributed by atoms with van der Waals surface area (Å²) in [7, 11) is 0. The molecule has 0 radical (unpaired) electrons. The minimum Gasteiger partial charge on any atom is -0.444 e. The highest BCUT2D eigenvalue weighted by Gasteiger charge is 2.35. The second-order valence-electron chi connectivity index (χ2n) is 7.83. The highest BCUT2D eigenvalue weighted by molar-refractivity contribution is 5.80. The molecule has 1 unspecified atom stereocenters. The molecular formula is C19H25FN4O2. The number of benzene rings is 1. The van der Waals surface area contributed by atoms with Crippen LogP contribution < -0.4 is 5.73 Å². The van der Waals surface area contributed by atoms with E-state index < -0.39 is 17.9 Å². The predicted molar refractivity (Wildman–Crippen MR) is 98.7 cm³/mol. The molecule has 1 saturated heterocycles. The number of ether oxygens (including phenoxy) is 1. The maximum absolute atomic E-state index is 14.9. The van der Waals surface area contributed by atoms with Crippen molar-refractivity contribution in [3.8, 4) is 0 Å². The van der Waals surface area contributed by atoms with Crippen molar-refractivity contribution in [3.63, 3.8) is 0 Å². The molecule has 0 bridgehead atoms. The van der Waals surface area contributed by atoms with Crippen molar-refractivity contribution in [2.75, 3.05) is 18.8 Å². The van der Waals surface area contributed by atoms with Crippen LogP contribution in [0.15, 0.2) is 18.3 Å². The molecule has 2 aromatic rings. The van der Waals surface area contributed by atoms with Crippen LogP contribution in [0, 0.1) is 6.92 Å². The minimum absolute atomic E-state index is 0.0307. The maximum atomic E-state index is 14.9. The molecule has 0 spiro atoms. The van der Waals surface area contributed by atoms with Crippen molar-refractivity contribution < 1.29 is 13.9 Å². The molecule has 140 valence electrons. The summed E-state index contributed by atoms with van der Waals surface area (Å²) in [5.41, 5.74) is 7.68. The van der Waals surface area contributed by atoms with Crippen LogP contribution in [0.2, 0.25) is 0 Å². The van der Waals surface area contributed by atoms with Gasteiger partial charge in [-0.25, -0.2) is 19.2 Å². The van der Waals surface area contributed by atoms with Gasteiger partial charge in [0.05, 0.1) is 12.1 Å². The molecule has 1 fully saturated rings. The molecule has 2 atom stereocenters. The number of halogens is 1. The Labute approximate surface area is 152 Å². The average molecular weight is 360 g/mol. The molecule has 1 aliphatic rings. The number of hydrogen-bond donors (Lipinski definition) is 1. The summed E-state index contributed by atoms with van der Waals surface area (Å²) in [5, 5.41) is 0.877. The van der Waals surface area contributed by atoms with Gasteiger partial charge in [-0.3, -0.25) is 0 Å². The maximum Gasteiger partial charge on any atom is 0.410 e. The normalized spacial score (nSPS) is 21.0. The first kappa shape index (κ1) is 18.4. The third kappa shape index (κ3) is 3.86. The second kappa shape index (κ2) is 6.70. The summed E-state index contributed by atoms with van der Waals surface area (Å²) >= 11 is 0. The topological polar surface area (TPSA) is 81.3 Å². The lowest BCUT2D eigenvalue weighted by Gasteiger charge is -2.36. The Morgan fingerprint density at radius 2 is 2.12 bits per heavy atom. The van der Waals surface area contributed by atoms with Crippen LogP contribution in [0.1, 0.15) is 44.2 Å². The number of alkyl halides is 1. The standard InChI is InChI=1S/C19H25FN4O2/c1-11-7-12-9-22-17(21)23-16(12)8-14(11)13-5-6-24(10-15(13)20)18(25)26-19(2,3)4/h7-9,13,15H,5-6,10H2,1-4H3,(H2,21,22,23)/t13?,15-/m0/s1. The van der Waals surface area contributed by atoms with Crippen molar-refractivity contribution >= 4 is 22.9 Å². The number of fused-ring (bicyclic) bond motifs is 1. The zero-order valence-corrected chi connectivity index (χ0v) is 15.6. The SMILES string of the molecule is Cc1cc2cnc(N)nc2cc1C1CCN(C(=O)OC(C)(C)C)C[C@@H]1F. The van der Waals surface area contributed by atoms with E-state index in [1.54, 1.807) is 27.0 Å². The van der Waals surface area contributed by atoms with Gasteiger partial charge in [0.15, 0.2) is 0 Å². The number of carbonyl (C=O) groups is 1. The van der Waals surface area contributed by atoms with Gasteiger partial charge in [0.1, 0.15) is 11.8 Å². The number of hydrogen-bond acceptors (Lipinski definition) is 5. The average Bonchev–Trinajstić information content (AvgIpc) is 2.53. The number of nitrogen functional groups attached to an aromatic ring is 1. The minimum atomic E-state index is -1.16. The molecule has 6 nitrogen and oxygen atoms in total. The lowest BCUT2D eigenvalue weighted by molar-refractivity contribution is 0.0111. The van der Waals surface area contributed by atoms with Gasteiger partial charge in [-0.1, -0.05) is 0 Å². The van der Waals surface area contributed by atoms with Crippen LogP contribution >= 0.6 is 0 Å². The Hall–Kier alpha value is -2.44. The van der Waals surface area contributed by atoms with Gasteiger partial charge in [0.2, 0.25) is 5.95 Å². The fraction of sp³-hybridized carbons (Fsp3) is 0.526. The molecule has 2 N–H and O–H groups in total. The van der Waals surface area contributed by atoms with E-state index in [1.165, 1.54) is 4.90 Å². The summed E-state index contributed by atoms with van der Waals surface area (Å²) in [6, 6.07) is 3.85. The molecule has 7 heteroatoms. The molecule has 1 aliphatic heterocycles. The van der Waals surface area contributed by atoms with E-state index in [1.807, 2.05) is 19.1 Å². The number of carbonyl (C=O) groups excluding carboxylic acids is 1. The van der Waals surface area contributed by atoms with Gasteiger partial charge < -0.3 is 15.4 Å². The first-order valence-corrected chi connectivity index (χ1v) is 8.79. The van der Waals surface area contributed by atoms with E-state index in [-0.39, 0.29) is 18.4 Å². The number of anilines is 1. The van der Waals surface area contributed by atoms with Crippen LogP contribution in [-0.2, 0) is 4.74 Å². The molecular weight excluding hydrogens is 335 g/mol. The van der Waals surface area contributed by atoms with Crippen LogP contribution in [0.5, 0.6) is 0 Å². The van der Waals surface area contributed by atoms with Gasteiger partial charge in [-0.05, 0) is 57.4 Å². The summed E-state index contributed by atoms with van der Waals surface area (Å²) in [5.74, 6) is -0.0851. The molecule has 3 rings (SSSR count). The summed E-state index contributed by atoms with van der Waals surface area (Å²) in [6.07, 6.45) is 0.584. The fourth-order valence-electron chi connectivity index (χ4n) is 3.37. The Morgan fingerprint density at radius 1 is 1.38 bits per heavy atom. The van der Waals surface area contributed by atoms with E-state index in [9.17, 15) is 9.18 Å². The Kier molecular flexibility index (Phi) is 4.73. The highest BCUT2D eigenvalue weighted by Crippen LogP contribution is 2.34. The Balaban J connectivity index is 1.80. The number of amides is 1. The van der Waals surface area contributed by atoms with E-state index in [4.69, 9.17) is 10.5 Å². The molecule has 0 saturated carbocycles. The molecule has 0 aliphatic carbocycles. The Bertz CT molecular complexity index is 834. The van der Waals surface area contributed by atoms with Crippen molar-refractivity contribution in [2.45, 2.75) is 51.8 Å². The largest absolute Gasteiger partial charge is 0.444 e.